The van der Waals surface area contributed by atoms with Gasteiger partial charge < -0.3 is 10.5 Å². The van der Waals surface area contributed by atoms with Gasteiger partial charge in [0.2, 0.25) is 0 Å². The number of non-ortho nitro benzene ring substituents is 1. The standard InChI is InChI=1S/C9H10N2O4/c1-15-9(12)8(10)6-2-4-7(5-3-6)11(13)14/h2-5,8H,10H2,1H3/t8-/m0/s1. The van der Waals surface area contributed by atoms with Gasteiger partial charge in [0.1, 0.15) is 6.04 Å². The van der Waals surface area contributed by atoms with Crippen LogP contribution in [0.4, 0.5) is 5.69 Å². The second-order valence-corrected chi connectivity index (χ2v) is 2.85. The summed E-state index contributed by atoms with van der Waals surface area (Å²) in [5, 5.41) is 10.4. The number of nitro benzene ring substituents is 1. The Hall–Kier alpha value is -1.95. The van der Waals surface area contributed by atoms with Gasteiger partial charge in [0, 0.05) is 12.1 Å². The molecule has 0 aliphatic rings. The van der Waals surface area contributed by atoms with Crippen molar-refractivity contribution in [2.24, 2.45) is 5.73 Å². The zero-order chi connectivity index (χ0) is 11.4. The summed E-state index contributed by atoms with van der Waals surface area (Å²) in [7, 11) is 1.23. The van der Waals surface area contributed by atoms with Crippen LogP contribution in [-0.2, 0) is 9.53 Å². The molecule has 0 aromatic heterocycles. The van der Waals surface area contributed by atoms with Crippen LogP contribution < -0.4 is 5.73 Å². The minimum absolute atomic E-state index is 0.0455. The highest BCUT2D eigenvalue weighted by molar-refractivity contribution is 5.77. The monoisotopic (exact) mass is 210 g/mol. The number of rotatable bonds is 3. The zero-order valence-electron chi connectivity index (χ0n) is 8.04. The Labute approximate surface area is 85.8 Å². The Morgan fingerprint density at radius 3 is 2.40 bits per heavy atom. The van der Waals surface area contributed by atoms with Gasteiger partial charge in [0.15, 0.2) is 0 Å². The van der Waals surface area contributed by atoms with E-state index in [1.165, 1.54) is 31.4 Å². The molecule has 0 amide bonds. The van der Waals surface area contributed by atoms with Crippen molar-refractivity contribution < 1.29 is 14.5 Å². The van der Waals surface area contributed by atoms with E-state index in [0.717, 1.165) is 0 Å². The lowest BCUT2D eigenvalue weighted by Gasteiger charge is -2.08. The van der Waals surface area contributed by atoms with E-state index >= 15 is 0 Å². The molecule has 0 radical (unpaired) electrons. The predicted octanol–water partition coefficient (Wildman–Crippen LogP) is 0.768. The number of hydrogen-bond acceptors (Lipinski definition) is 5. The van der Waals surface area contributed by atoms with E-state index in [9.17, 15) is 14.9 Å². The minimum Gasteiger partial charge on any atom is -0.468 e. The maximum absolute atomic E-state index is 11.0. The van der Waals surface area contributed by atoms with Crippen molar-refractivity contribution in [3.05, 3.63) is 39.9 Å². The first-order chi connectivity index (χ1) is 7.06. The Morgan fingerprint density at radius 2 is 2.00 bits per heavy atom. The van der Waals surface area contributed by atoms with Crippen molar-refractivity contribution in [3.8, 4) is 0 Å². The van der Waals surface area contributed by atoms with E-state index in [1.54, 1.807) is 0 Å². The van der Waals surface area contributed by atoms with E-state index in [1.807, 2.05) is 0 Å². The summed E-state index contributed by atoms with van der Waals surface area (Å²) in [4.78, 5) is 20.9. The third-order valence-corrected chi connectivity index (χ3v) is 1.92. The molecule has 15 heavy (non-hydrogen) atoms. The first-order valence-electron chi connectivity index (χ1n) is 4.14. The van der Waals surface area contributed by atoms with Crippen LogP contribution in [0, 0.1) is 10.1 Å². The van der Waals surface area contributed by atoms with Gasteiger partial charge >= 0.3 is 5.97 Å². The van der Waals surface area contributed by atoms with Gasteiger partial charge in [-0.3, -0.25) is 14.9 Å². The Balaban J connectivity index is 2.89. The molecule has 0 unspecified atom stereocenters. The van der Waals surface area contributed by atoms with Crippen LogP contribution in [0.25, 0.3) is 0 Å². The highest BCUT2D eigenvalue weighted by Gasteiger charge is 2.16. The molecule has 0 saturated carbocycles. The second kappa shape index (κ2) is 4.52. The molecule has 1 rings (SSSR count). The predicted molar refractivity (Wildman–Crippen MR) is 52.0 cm³/mol. The lowest BCUT2D eigenvalue weighted by Crippen LogP contribution is -2.22. The van der Waals surface area contributed by atoms with Crippen molar-refractivity contribution >= 4 is 11.7 Å². The zero-order valence-corrected chi connectivity index (χ0v) is 8.04. The summed E-state index contributed by atoms with van der Waals surface area (Å²) in [6.07, 6.45) is 0. The fourth-order valence-electron chi connectivity index (χ4n) is 1.07. The van der Waals surface area contributed by atoms with Gasteiger partial charge in [-0.1, -0.05) is 12.1 Å². The number of ether oxygens (including phenoxy) is 1. The molecule has 1 aromatic rings. The molecule has 0 saturated heterocycles. The highest BCUT2D eigenvalue weighted by Crippen LogP contribution is 2.16. The Kier molecular flexibility index (Phi) is 3.35. The van der Waals surface area contributed by atoms with E-state index < -0.39 is 16.9 Å². The number of nitro groups is 1. The summed E-state index contributed by atoms with van der Waals surface area (Å²) in [6.45, 7) is 0. The lowest BCUT2D eigenvalue weighted by molar-refractivity contribution is -0.384. The van der Waals surface area contributed by atoms with Crippen molar-refractivity contribution in [1.82, 2.24) is 0 Å². The summed E-state index contributed by atoms with van der Waals surface area (Å²) in [6, 6.07) is 4.53. The summed E-state index contributed by atoms with van der Waals surface area (Å²) in [5.74, 6) is -0.580. The number of nitrogens with two attached hydrogens (primary N) is 1. The van der Waals surface area contributed by atoms with Gasteiger partial charge in [-0.2, -0.15) is 0 Å². The van der Waals surface area contributed by atoms with Gasteiger partial charge in [-0.15, -0.1) is 0 Å². The molecule has 0 aliphatic carbocycles. The van der Waals surface area contributed by atoms with E-state index in [2.05, 4.69) is 4.74 Å². The topological polar surface area (TPSA) is 95.5 Å². The molecular weight excluding hydrogens is 200 g/mol. The molecule has 0 bridgehead atoms. The van der Waals surface area contributed by atoms with Gasteiger partial charge in [0.05, 0.1) is 12.0 Å². The quantitative estimate of drug-likeness (QED) is 0.451. The molecule has 1 aromatic carbocycles. The molecule has 6 nitrogen and oxygen atoms in total. The van der Waals surface area contributed by atoms with Crippen LogP contribution in [0.15, 0.2) is 24.3 Å². The molecule has 0 heterocycles. The van der Waals surface area contributed by atoms with E-state index in [-0.39, 0.29) is 5.69 Å². The van der Waals surface area contributed by atoms with Gasteiger partial charge in [0.25, 0.3) is 5.69 Å². The summed E-state index contributed by atoms with van der Waals surface area (Å²) < 4.78 is 4.45. The first-order valence-corrected chi connectivity index (χ1v) is 4.14. The van der Waals surface area contributed by atoms with Crippen LogP contribution in [0.3, 0.4) is 0 Å². The average molecular weight is 210 g/mol. The number of benzene rings is 1. The van der Waals surface area contributed by atoms with Crippen molar-refractivity contribution in [3.63, 3.8) is 0 Å². The van der Waals surface area contributed by atoms with Crippen LogP contribution in [0.1, 0.15) is 11.6 Å². The van der Waals surface area contributed by atoms with Gasteiger partial charge in [-0.05, 0) is 5.56 Å². The Bertz CT molecular complexity index is 374. The molecule has 0 spiro atoms. The van der Waals surface area contributed by atoms with Crippen molar-refractivity contribution in [2.75, 3.05) is 7.11 Å². The van der Waals surface area contributed by atoms with Gasteiger partial charge in [-0.25, -0.2) is 0 Å². The van der Waals surface area contributed by atoms with Crippen molar-refractivity contribution in [1.29, 1.82) is 0 Å². The Morgan fingerprint density at radius 1 is 1.47 bits per heavy atom. The summed E-state index contributed by atoms with van der Waals surface area (Å²) >= 11 is 0. The van der Waals surface area contributed by atoms with E-state index in [4.69, 9.17) is 5.73 Å². The molecule has 2 N–H and O–H groups in total. The number of carbonyl (C=O) groups excluding carboxylic acids is 1. The molecule has 6 heteroatoms. The molecule has 0 fully saturated rings. The maximum atomic E-state index is 11.0. The minimum atomic E-state index is -0.907. The van der Waals surface area contributed by atoms with E-state index in [0.29, 0.717) is 5.56 Å². The van der Waals surface area contributed by atoms with Crippen LogP contribution in [-0.4, -0.2) is 18.0 Å². The maximum Gasteiger partial charge on any atom is 0.327 e. The number of esters is 1. The fraction of sp³-hybridized carbons (Fsp3) is 0.222. The first kappa shape index (κ1) is 11.1. The van der Waals surface area contributed by atoms with Crippen LogP contribution >= 0.6 is 0 Å². The van der Waals surface area contributed by atoms with Crippen LogP contribution in [0.2, 0.25) is 0 Å². The van der Waals surface area contributed by atoms with Crippen LogP contribution in [0.5, 0.6) is 0 Å². The lowest BCUT2D eigenvalue weighted by atomic mass is 10.1. The third kappa shape index (κ3) is 2.50. The van der Waals surface area contributed by atoms with Crippen molar-refractivity contribution in [2.45, 2.75) is 6.04 Å². The number of methoxy groups -OCH3 is 1. The SMILES string of the molecule is COC(=O)[C@@H](N)c1ccc([N+](=O)[O-])cc1. The highest BCUT2D eigenvalue weighted by atomic mass is 16.6. The largest absolute Gasteiger partial charge is 0.468 e. The number of carbonyl (C=O) groups is 1. The fourth-order valence-corrected chi connectivity index (χ4v) is 1.07. The normalized spacial score (nSPS) is 11.9. The number of hydrogen-bond donors (Lipinski definition) is 1. The third-order valence-electron chi connectivity index (χ3n) is 1.92. The molecule has 80 valence electrons. The summed E-state index contributed by atoms with van der Waals surface area (Å²) in [5.41, 5.74) is 5.96. The smallest absolute Gasteiger partial charge is 0.327 e. The second-order valence-electron chi connectivity index (χ2n) is 2.85. The molecular formula is C9H10N2O4. The molecule has 1 atom stereocenters. The molecule has 0 aliphatic heterocycles. The number of nitrogens with zero attached hydrogens (tertiary/aromatic N) is 1. The average Bonchev–Trinajstić information content (AvgIpc) is 2.27.